The molecule has 5 heteroatoms. The van der Waals surface area contributed by atoms with Crippen molar-refractivity contribution < 1.29 is 9.18 Å². The van der Waals surface area contributed by atoms with Crippen molar-refractivity contribution in [1.82, 2.24) is 0 Å². The molecule has 0 bridgehead atoms. The Morgan fingerprint density at radius 1 is 1.53 bits per heavy atom. The lowest BCUT2D eigenvalue weighted by molar-refractivity contribution is -0.121. The van der Waals surface area contributed by atoms with Crippen molar-refractivity contribution in [1.29, 1.82) is 0 Å². The predicted octanol–water partition coefficient (Wildman–Crippen LogP) is 1.03. The Labute approximate surface area is 99.4 Å². The SMILES string of the molecule is Cc1cc(N2CCC(C(N)=O)C2)c(N)cc1F. The molecule has 4 nitrogen and oxygen atoms in total. The number of benzene rings is 1. The molecule has 1 amide bonds. The van der Waals surface area contributed by atoms with Crippen molar-refractivity contribution in [3.8, 4) is 0 Å². The highest BCUT2D eigenvalue weighted by Crippen LogP contribution is 2.30. The van der Waals surface area contributed by atoms with Gasteiger partial charge in [-0.2, -0.15) is 0 Å². The molecule has 1 aliphatic rings. The second-order valence-corrected chi connectivity index (χ2v) is 4.49. The van der Waals surface area contributed by atoms with Crippen LogP contribution in [-0.2, 0) is 4.79 Å². The van der Waals surface area contributed by atoms with E-state index in [2.05, 4.69) is 0 Å². The average Bonchev–Trinajstić information content (AvgIpc) is 2.72. The summed E-state index contributed by atoms with van der Waals surface area (Å²) in [6.45, 7) is 2.98. The number of anilines is 2. The van der Waals surface area contributed by atoms with Gasteiger partial charge in [0.25, 0.3) is 0 Å². The van der Waals surface area contributed by atoms with E-state index in [4.69, 9.17) is 11.5 Å². The van der Waals surface area contributed by atoms with Gasteiger partial charge in [-0.1, -0.05) is 0 Å². The average molecular weight is 237 g/mol. The van der Waals surface area contributed by atoms with Crippen LogP contribution in [0.25, 0.3) is 0 Å². The van der Waals surface area contributed by atoms with Crippen molar-refractivity contribution in [3.63, 3.8) is 0 Å². The molecule has 0 spiro atoms. The number of hydrogen-bond acceptors (Lipinski definition) is 3. The van der Waals surface area contributed by atoms with E-state index >= 15 is 0 Å². The lowest BCUT2D eigenvalue weighted by Gasteiger charge is -2.21. The number of nitrogen functional groups attached to an aromatic ring is 1. The Hall–Kier alpha value is -1.78. The molecule has 1 unspecified atom stereocenters. The Balaban J connectivity index is 2.24. The summed E-state index contributed by atoms with van der Waals surface area (Å²) in [5.74, 6) is -0.735. The molecule has 1 aliphatic heterocycles. The summed E-state index contributed by atoms with van der Waals surface area (Å²) >= 11 is 0. The molecule has 4 N–H and O–H groups in total. The molecule has 92 valence electrons. The molecule has 1 atom stereocenters. The minimum Gasteiger partial charge on any atom is -0.397 e. The van der Waals surface area contributed by atoms with Gasteiger partial charge in [0.1, 0.15) is 5.82 Å². The predicted molar refractivity (Wildman–Crippen MR) is 65.1 cm³/mol. The third kappa shape index (κ3) is 2.18. The van der Waals surface area contributed by atoms with Gasteiger partial charge in [-0.15, -0.1) is 0 Å². The number of hydrogen-bond donors (Lipinski definition) is 2. The Morgan fingerprint density at radius 2 is 2.24 bits per heavy atom. The van der Waals surface area contributed by atoms with Gasteiger partial charge in [0, 0.05) is 13.1 Å². The molecule has 17 heavy (non-hydrogen) atoms. The van der Waals surface area contributed by atoms with Crippen molar-refractivity contribution in [2.75, 3.05) is 23.7 Å². The smallest absolute Gasteiger partial charge is 0.222 e. The highest BCUT2D eigenvalue weighted by atomic mass is 19.1. The fraction of sp³-hybridized carbons (Fsp3) is 0.417. The highest BCUT2D eigenvalue weighted by molar-refractivity contribution is 5.79. The number of carbonyl (C=O) groups excluding carboxylic acids is 1. The first-order valence-corrected chi connectivity index (χ1v) is 5.59. The summed E-state index contributed by atoms with van der Waals surface area (Å²) in [5.41, 5.74) is 12.8. The lowest BCUT2D eigenvalue weighted by Crippen LogP contribution is -2.27. The zero-order chi connectivity index (χ0) is 12.6. The number of amides is 1. The number of halogens is 1. The summed E-state index contributed by atoms with van der Waals surface area (Å²) in [7, 11) is 0. The number of aryl methyl sites for hydroxylation is 1. The maximum Gasteiger partial charge on any atom is 0.222 e. The number of nitrogens with two attached hydrogens (primary N) is 2. The molecule has 0 aromatic heterocycles. The van der Waals surface area contributed by atoms with Gasteiger partial charge in [0.05, 0.1) is 17.3 Å². The van der Waals surface area contributed by atoms with E-state index in [-0.39, 0.29) is 17.6 Å². The first kappa shape index (κ1) is 11.7. The van der Waals surface area contributed by atoms with Gasteiger partial charge in [-0.3, -0.25) is 4.79 Å². The molecular weight excluding hydrogens is 221 g/mol. The molecule has 0 radical (unpaired) electrons. The van der Waals surface area contributed by atoms with Crippen molar-refractivity contribution in [2.45, 2.75) is 13.3 Å². The van der Waals surface area contributed by atoms with Crippen molar-refractivity contribution in [3.05, 3.63) is 23.5 Å². The van der Waals surface area contributed by atoms with Crippen LogP contribution >= 0.6 is 0 Å². The van der Waals surface area contributed by atoms with Crippen LogP contribution in [0.15, 0.2) is 12.1 Å². The first-order valence-electron chi connectivity index (χ1n) is 5.59. The van der Waals surface area contributed by atoms with Crippen LogP contribution in [0.4, 0.5) is 15.8 Å². The molecular formula is C12H16FN3O. The largest absolute Gasteiger partial charge is 0.397 e. The molecule has 1 aromatic carbocycles. The number of carbonyl (C=O) groups is 1. The molecule has 2 rings (SSSR count). The van der Waals surface area contributed by atoms with Gasteiger partial charge in [0.15, 0.2) is 0 Å². The normalized spacial score (nSPS) is 19.6. The summed E-state index contributed by atoms with van der Waals surface area (Å²) < 4.78 is 13.3. The maximum atomic E-state index is 13.3. The minimum atomic E-state index is -0.308. The quantitative estimate of drug-likeness (QED) is 0.754. The monoisotopic (exact) mass is 237 g/mol. The molecule has 0 aliphatic carbocycles. The fourth-order valence-corrected chi connectivity index (χ4v) is 2.17. The zero-order valence-electron chi connectivity index (χ0n) is 9.74. The fourth-order valence-electron chi connectivity index (χ4n) is 2.17. The Kier molecular flexibility index (Phi) is 2.92. The standard InChI is InChI=1S/C12H16FN3O/c1-7-4-11(10(14)5-9(7)13)16-3-2-8(6-16)12(15)17/h4-5,8H,2-3,6,14H2,1H3,(H2,15,17). The van der Waals surface area contributed by atoms with Gasteiger partial charge >= 0.3 is 0 Å². The summed E-state index contributed by atoms with van der Waals surface area (Å²) in [5, 5.41) is 0. The molecule has 1 heterocycles. The van der Waals surface area contributed by atoms with Crippen LogP contribution in [0.3, 0.4) is 0 Å². The summed E-state index contributed by atoms with van der Waals surface area (Å²) in [6, 6.07) is 3.04. The third-order valence-electron chi connectivity index (χ3n) is 3.24. The lowest BCUT2D eigenvalue weighted by atomic mass is 10.1. The molecule has 0 saturated carbocycles. The second kappa shape index (κ2) is 4.24. The van der Waals surface area contributed by atoms with Gasteiger partial charge < -0.3 is 16.4 Å². The van der Waals surface area contributed by atoms with Crippen molar-refractivity contribution >= 4 is 17.3 Å². The number of nitrogens with zero attached hydrogens (tertiary/aromatic N) is 1. The van der Waals surface area contributed by atoms with E-state index in [1.165, 1.54) is 6.07 Å². The van der Waals surface area contributed by atoms with E-state index in [1.807, 2.05) is 4.90 Å². The molecule has 1 aromatic rings. The van der Waals surface area contributed by atoms with E-state index in [1.54, 1.807) is 13.0 Å². The Morgan fingerprint density at radius 3 is 2.82 bits per heavy atom. The van der Waals surface area contributed by atoms with Crippen molar-refractivity contribution in [2.24, 2.45) is 11.7 Å². The minimum absolute atomic E-state index is 0.139. The second-order valence-electron chi connectivity index (χ2n) is 4.49. The van der Waals surface area contributed by atoms with Crippen LogP contribution in [0.1, 0.15) is 12.0 Å². The molecule has 1 fully saturated rings. The topological polar surface area (TPSA) is 72.3 Å². The van der Waals surface area contributed by atoms with Crippen LogP contribution in [0, 0.1) is 18.7 Å². The first-order chi connectivity index (χ1) is 7.99. The van der Waals surface area contributed by atoms with Gasteiger partial charge in [0.2, 0.25) is 5.91 Å². The maximum absolute atomic E-state index is 13.3. The van der Waals surface area contributed by atoms with Crippen LogP contribution < -0.4 is 16.4 Å². The Bertz CT molecular complexity index is 461. The van der Waals surface area contributed by atoms with Gasteiger partial charge in [-0.05, 0) is 31.0 Å². The summed E-state index contributed by atoms with van der Waals surface area (Å²) in [6.07, 6.45) is 0.727. The van der Waals surface area contributed by atoms with Crippen LogP contribution in [0.5, 0.6) is 0 Å². The van der Waals surface area contributed by atoms with Crippen LogP contribution in [0.2, 0.25) is 0 Å². The molecule has 1 saturated heterocycles. The van der Waals surface area contributed by atoms with E-state index in [0.717, 1.165) is 18.7 Å². The van der Waals surface area contributed by atoms with E-state index < -0.39 is 0 Å². The summed E-state index contributed by atoms with van der Waals surface area (Å²) in [4.78, 5) is 13.1. The number of rotatable bonds is 2. The zero-order valence-corrected chi connectivity index (χ0v) is 9.74. The highest BCUT2D eigenvalue weighted by Gasteiger charge is 2.27. The van der Waals surface area contributed by atoms with Gasteiger partial charge in [-0.25, -0.2) is 4.39 Å². The van der Waals surface area contributed by atoms with E-state index in [0.29, 0.717) is 17.8 Å². The van der Waals surface area contributed by atoms with E-state index in [9.17, 15) is 9.18 Å². The number of primary amides is 1. The van der Waals surface area contributed by atoms with Crippen LogP contribution in [-0.4, -0.2) is 19.0 Å². The third-order valence-corrected chi connectivity index (χ3v) is 3.24.